The molecule has 1 aliphatic heterocycles. The zero-order valence-electron chi connectivity index (χ0n) is 20.5. The summed E-state index contributed by atoms with van der Waals surface area (Å²) in [5.74, 6) is 1.78. The number of pyridine rings is 1. The van der Waals surface area contributed by atoms with Gasteiger partial charge in [0.2, 0.25) is 0 Å². The molecule has 0 unspecified atom stereocenters. The molecular weight excluding hydrogens is 444 g/mol. The SMILES string of the molecule is Cc1ccc2[nH]c(=O)c(CN(Cc3ccco3)[C@H](c3nnnn3C[C@@H]3CCCO3)C(C)C)cc2c1. The highest BCUT2D eigenvalue weighted by Gasteiger charge is 2.31. The maximum absolute atomic E-state index is 13.1. The average Bonchev–Trinajstić information content (AvgIpc) is 3.59. The Morgan fingerprint density at radius 3 is 2.86 bits per heavy atom. The molecule has 1 fully saturated rings. The minimum absolute atomic E-state index is 0.0905. The van der Waals surface area contributed by atoms with Crippen LogP contribution in [0.5, 0.6) is 0 Å². The van der Waals surface area contributed by atoms with Crippen LogP contribution in [0.4, 0.5) is 0 Å². The van der Waals surface area contributed by atoms with Gasteiger partial charge >= 0.3 is 0 Å². The van der Waals surface area contributed by atoms with Gasteiger partial charge in [-0.3, -0.25) is 9.69 Å². The summed E-state index contributed by atoms with van der Waals surface area (Å²) in [5, 5.41) is 13.8. The molecule has 9 nitrogen and oxygen atoms in total. The van der Waals surface area contributed by atoms with Crippen LogP contribution in [0, 0.1) is 12.8 Å². The Bertz CT molecular complexity index is 1320. The van der Waals surface area contributed by atoms with Crippen molar-refractivity contribution in [3.63, 3.8) is 0 Å². The van der Waals surface area contributed by atoms with Gasteiger partial charge in [0.25, 0.3) is 5.56 Å². The molecule has 0 aliphatic carbocycles. The highest BCUT2D eigenvalue weighted by molar-refractivity contribution is 5.79. The number of nitrogens with zero attached hydrogens (tertiary/aromatic N) is 5. The van der Waals surface area contributed by atoms with E-state index in [1.54, 1.807) is 6.26 Å². The quantitative estimate of drug-likeness (QED) is 0.390. The van der Waals surface area contributed by atoms with Crippen LogP contribution in [-0.4, -0.2) is 42.8 Å². The van der Waals surface area contributed by atoms with Crippen LogP contribution in [0.1, 0.15) is 55.4 Å². The van der Waals surface area contributed by atoms with Crippen molar-refractivity contribution in [1.82, 2.24) is 30.1 Å². The smallest absolute Gasteiger partial charge is 0.252 e. The van der Waals surface area contributed by atoms with E-state index in [9.17, 15) is 4.79 Å². The van der Waals surface area contributed by atoms with E-state index in [2.05, 4.69) is 52.2 Å². The molecule has 3 aromatic heterocycles. The molecule has 35 heavy (non-hydrogen) atoms. The lowest BCUT2D eigenvalue weighted by Gasteiger charge is -2.33. The Labute approximate surface area is 204 Å². The number of H-pyrrole nitrogens is 1. The first-order valence-electron chi connectivity index (χ1n) is 12.2. The summed E-state index contributed by atoms with van der Waals surface area (Å²) in [6.07, 6.45) is 3.86. The normalized spacial score (nSPS) is 17.1. The van der Waals surface area contributed by atoms with E-state index in [0.29, 0.717) is 25.2 Å². The summed E-state index contributed by atoms with van der Waals surface area (Å²) in [6.45, 7) is 8.71. The summed E-state index contributed by atoms with van der Waals surface area (Å²) in [7, 11) is 0. The molecule has 184 valence electrons. The Balaban J connectivity index is 1.52. The molecule has 0 spiro atoms. The maximum atomic E-state index is 13.1. The molecule has 5 rings (SSSR count). The lowest BCUT2D eigenvalue weighted by Crippen LogP contribution is -2.35. The van der Waals surface area contributed by atoms with Gasteiger partial charge in [-0.05, 0) is 71.8 Å². The van der Waals surface area contributed by atoms with Crippen LogP contribution in [0.2, 0.25) is 0 Å². The number of aryl methyl sites for hydroxylation is 1. The number of nitrogens with one attached hydrogen (secondary N) is 1. The lowest BCUT2D eigenvalue weighted by atomic mass is 10.00. The predicted octanol–water partition coefficient (Wildman–Crippen LogP) is 3.99. The van der Waals surface area contributed by atoms with Gasteiger partial charge in [0.15, 0.2) is 5.82 Å². The summed E-state index contributed by atoms with van der Waals surface area (Å²) in [4.78, 5) is 18.3. The minimum Gasteiger partial charge on any atom is -0.468 e. The van der Waals surface area contributed by atoms with E-state index >= 15 is 0 Å². The van der Waals surface area contributed by atoms with E-state index in [-0.39, 0.29) is 23.6 Å². The number of furan rings is 1. The standard InChI is InChI=1S/C26H32N6O3/c1-17(2)24(25-28-29-30-32(25)16-22-7-5-11-35-22)31(15-21-6-4-10-34-21)14-20-13-19-12-18(3)8-9-23(19)27-26(20)33/h4,6,8-10,12-13,17,22,24H,5,7,11,14-16H2,1-3H3,(H,27,33)/t22-,24-/m0/s1. The Morgan fingerprint density at radius 2 is 2.11 bits per heavy atom. The van der Waals surface area contributed by atoms with Crippen molar-refractivity contribution in [2.24, 2.45) is 5.92 Å². The van der Waals surface area contributed by atoms with Gasteiger partial charge in [-0.1, -0.05) is 25.5 Å². The second-order valence-electron chi connectivity index (χ2n) is 9.74. The van der Waals surface area contributed by atoms with Gasteiger partial charge in [-0.25, -0.2) is 4.68 Å². The maximum Gasteiger partial charge on any atom is 0.252 e. The third-order valence-electron chi connectivity index (χ3n) is 6.64. The molecule has 0 saturated carbocycles. The van der Waals surface area contributed by atoms with Crippen LogP contribution in [0.15, 0.2) is 51.9 Å². The Hall–Kier alpha value is -3.30. The van der Waals surface area contributed by atoms with Crippen molar-refractivity contribution in [3.05, 3.63) is 75.7 Å². The van der Waals surface area contributed by atoms with Crippen LogP contribution in [0.25, 0.3) is 10.9 Å². The number of tetrazole rings is 1. The summed E-state index contributed by atoms with van der Waals surface area (Å²) < 4.78 is 13.4. The monoisotopic (exact) mass is 476 g/mol. The number of ether oxygens (including phenoxy) is 1. The average molecular weight is 477 g/mol. The second kappa shape index (κ2) is 10.1. The highest BCUT2D eigenvalue weighted by Crippen LogP contribution is 2.31. The van der Waals surface area contributed by atoms with E-state index in [4.69, 9.17) is 9.15 Å². The number of aromatic nitrogens is 5. The summed E-state index contributed by atoms with van der Waals surface area (Å²) in [6, 6.07) is 11.7. The first-order valence-corrected chi connectivity index (χ1v) is 12.2. The predicted molar refractivity (Wildman–Crippen MR) is 132 cm³/mol. The first-order chi connectivity index (χ1) is 17.0. The molecule has 0 amide bonds. The number of aromatic amines is 1. The van der Waals surface area contributed by atoms with E-state index in [1.165, 1.54) is 0 Å². The topological polar surface area (TPSA) is 102 Å². The molecule has 0 bridgehead atoms. The molecule has 2 atom stereocenters. The molecule has 4 heterocycles. The first kappa shape index (κ1) is 23.4. The van der Waals surface area contributed by atoms with E-state index < -0.39 is 0 Å². The molecule has 1 saturated heterocycles. The third-order valence-corrected chi connectivity index (χ3v) is 6.64. The zero-order valence-corrected chi connectivity index (χ0v) is 20.5. The summed E-state index contributed by atoms with van der Waals surface area (Å²) in [5.41, 5.74) is 2.59. The Morgan fingerprint density at radius 1 is 1.23 bits per heavy atom. The highest BCUT2D eigenvalue weighted by atomic mass is 16.5. The fourth-order valence-electron chi connectivity index (χ4n) is 4.98. The number of fused-ring (bicyclic) bond motifs is 1. The van der Waals surface area contributed by atoms with E-state index in [1.807, 2.05) is 35.0 Å². The Kier molecular flexibility index (Phi) is 6.79. The third kappa shape index (κ3) is 5.21. The fourth-order valence-corrected chi connectivity index (χ4v) is 4.98. The van der Waals surface area contributed by atoms with Crippen LogP contribution in [-0.2, 0) is 24.4 Å². The fraction of sp³-hybridized carbons (Fsp3) is 0.462. The van der Waals surface area contributed by atoms with Crippen LogP contribution < -0.4 is 5.56 Å². The van der Waals surface area contributed by atoms with Crippen molar-refractivity contribution < 1.29 is 9.15 Å². The van der Waals surface area contributed by atoms with Crippen molar-refractivity contribution in [2.75, 3.05) is 6.61 Å². The molecule has 1 aromatic carbocycles. The number of hydrogen-bond donors (Lipinski definition) is 1. The van der Waals surface area contributed by atoms with E-state index in [0.717, 1.165) is 47.5 Å². The largest absolute Gasteiger partial charge is 0.468 e. The van der Waals surface area contributed by atoms with Crippen molar-refractivity contribution in [2.45, 2.75) is 65.4 Å². The van der Waals surface area contributed by atoms with Gasteiger partial charge in [0.1, 0.15) is 5.76 Å². The van der Waals surface area contributed by atoms with Crippen molar-refractivity contribution in [1.29, 1.82) is 0 Å². The number of rotatable bonds is 9. The van der Waals surface area contributed by atoms with Gasteiger partial charge in [-0.15, -0.1) is 5.10 Å². The molecule has 1 aliphatic rings. The van der Waals surface area contributed by atoms with Gasteiger partial charge in [-0.2, -0.15) is 0 Å². The van der Waals surface area contributed by atoms with Crippen molar-refractivity contribution >= 4 is 10.9 Å². The molecular formula is C26H32N6O3. The minimum atomic E-state index is -0.135. The van der Waals surface area contributed by atoms with Gasteiger partial charge in [0, 0.05) is 24.2 Å². The summed E-state index contributed by atoms with van der Waals surface area (Å²) >= 11 is 0. The van der Waals surface area contributed by atoms with Crippen LogP contribution in [0.3, 0.4) is 0 Å². The molecule has 9 heteroatoms. The van der Waals surface area contributed by atoms with Gasteiger partial charge < -0.3 is 14.1 Å². The molecule has 0 radical (unpaired) electrons. The number of benzene rings is 1. The number of hydrogen-bond acceptors (Lipinski definition) is 7. The van der Waals surface area contributed by atoms with Crippen molar-refractivity contribution in [3.8, 4) is 0 Å². The molecule has 4 aromatic rings. The molecule has 1 N–H and O–H groups in total. The van der Waals surface area contributed by atoms with Gasteiger partial charge in [0.05, 0.1) is 31.5 Å². The second-order valence-corrected chi connectivity index (χ2v) is 9.74. The van der Waals surface area contributed by atoms with Crippen LogP contribution >= 0.6 is 0 Å². The lowest BCUT2D eigenvalue weighted by molar-refractivity contribution is 0.0836. The zero-order chi connectivity index (χ0) is 24.4.